The zero-order chi connectivity index (χ0) is 17.6. The lowest BCUT2D eigenvalue weighted by molar-refractivity contribution is 0.722. The van der Waals surface area contributed by atoms with Gasteiger partial charge in [-0.1, -0.05) is 76.6 Å². The van der Waals surface area contributed by atoms with Crippen molar-refractivity contribution >= 4 is 38.9 Å². The molecule has 0 amide bonds. The normalized spacial score (nSPS) is 11.6. The molecule has 0 aromatic heterocycles. The van der Waals surface area contributed by atoms with Gasteiger partial charge in [-0.05, 0) is 48.5 Å². The van der Waals surface area contributed by atoms with Crippen molar-refractivity contribution in [1.29, 1.82) is 0 Å². The predicted octanol–water partition coefficient (Wildman–Crippen LogP) is 6.16. The molecule has 0 radical (unpaired) electrons. The molecule has 0 bridgehead atoms. The zero-order valence-electron chi connectivity index (χ0n) is 13.9. The highest BCUT2D eigenvalue weighted by atomic mass is 79.9. The van der Waals surface area contributed by atoms with E-state index in [0.29, 0.717) is 5.11 Å². The summed E-state index contributed by atoms with van der Waals surface area (Å²) in [4.78, 5) is 0. The van der Waals surface area contributed by atoms with Crippen LogP contribution >= 0.6 is 28.1 Å². The monoisotopic (exact) mass is 410 g/mol. The Morgan fingerprint density at radius 1 is 0.880 bits per heavy atom. The molecule has 3 aromatic carbocycles. The van der Waals surface area contributed by atoms with Crippen molar-refractivity contribution in [3.8, 4) is 11.1 Å². The van der Waals surface area contributed by atoms with Crippen LogP contribution < -0.4 is 10.6 Å². The van der Waals surface area contributed by atoms with Crippen molar-refractivity contribution in [3.05, 3.63) is 88.9 Å². The van der Waals surface area contributed by atoms with Crippen LogP contribution in [0, 0.1) is 0 Å². The van der Waals surface area contributed by atoms with Gasteiger partial charge in [0.1, 0.15) is 0 Å². The first-order chi connectivity index (χ1) is 12.1. The molecule has 4 heteroatoms. The van der Waals surface area contributed by atoms with Crippen molar-refractivity contribution in [2.24, 2.45) is 0 Å². The van der Waals surface area contributed by atoms with Gasteiger partial charge in [-0.2, -0.15) is 0 Å². The number of hydrogen-bond acceptors (Lipinski definition) is 1. The third kappa shape index (κ3) is 4.68. The second-order valence-electron chi connectivity index (χ2n) is 5.78. The van der Waals surface area contributed by atoms with Crippen molar-refractivity contribution in [2.45, 2.75) is 13.0 Å². The minimum Gasteiger partial charge on any atom is -0.356 e. The number of rotatable bonds is 4. The Balaban J connectivity index is 1.72. The zero-order valence-corrected chi connectivity index (χ0v) is 16.3. The van der Waals surface area contributed by atoms with Crippen molar-refractivity contribution in [1.82, 2.24) is 5.32 Å². The van der Waals surface area contributed by atoms with Crippen LogP contribution in [0.5, 0.6) is 0 Å². The molecular formula is C21H19BrN2S. The lowest BCUT2D eigenvalue weighted by Gasteiger charge is -2.19. The van der Waals surface area contributed by atoms with Crippen molar-refractivity contribution < 1.29 is 0 Å². The van der Waals surface area contributed by atoms with E-state index in [1.165, 1.54) is 5.56 Å². The maximum absolute atomic E-state index is 5.52. The SMILES string of the molecule is CC(NC(=S)Nc1ccccc1-c1ccccc1)c1ccc(Br)cc1. The summed E-state index contributed by atoms with van der Waals surface area (Å²) in [6, 6.07) is 26.8. The smallest absolute Gasteiger partial charge is 0.171 e. The Bertz CT molecular complexity index is 847. The van der Waals surface area contributed by atoms with Crippen LogP contribution in [0.2, 0.25) is 0 Å². The summed E-state index contributed by atoms with van der Waals surface area (Å²) in [6.07, 6.45) is 0. The Morgan fingerprint density at radius 2 is 1.52 bits per heavy atom. The Kier molecular flexibility index (Phi) is 5.84. The molecule has 126 valence electrons. The summed E-state index contributed by atoms with van der Waals surface area (Å²) in [6.45, 7) is 2.10. The second-order valence-corrected chi connectivity index (χ2v) is 7.11. The molecule has 0 aliphatic heterocycles. The quantitative estimate of drug-likeness (QED) is 0.503. The first-order valence-corrected chi connectivity index (χ1v) is 9.31. The van der Waals surface area contributed by atoms with E-state index in [4.69, 9.17) is 12.2 Å². The van der Waals surface area contributed by atoms with E-state index in [1.54, 1.807) is 0 Å². The number of para-hydroxylation sites is 1. The fraction of sp³-hybridized carbons (Fsp3) is 0.0952. The van der Waals surface area contributed by atoms with Gasteiger partial charge in [-0.3, -0.25) is 0 Å². The molecule has 3 aromatic rings. The van der Waals surface area contributed by atoms with Gasteiger partial charge in [0, 0.05) is 15.7 Å². The molecule has 1 atom stereocenters. The van der Waals surface area contributed by atoms with Crippen LogP contribution in [0.25, 0.3) is 11.1 Å². The molecule has 3 rings (SSSR count). The van der Waals surface area contributed by atoms with Crippen LogP contribution in [0.4, 0.5) is 5.69 Å². The fourth-order valence-corrected chi connectivity index (χ4v) is 3.20. The Morgan fingerprint density at radius 3 is 2.24 bits per heavy atom. The van der Waals surface area contributed by atoms with Gasteiger partial charge in [-0.25, -0.2) is 0 Å². The molecule has 0 saturated heterocycles. The highest BCUT2D eigenvalue weighted by Gasteiger charge is 2.09. The summed E-state index contributed by atoms with van der Waals surface area (Å²) in [5, 5.41) is 7.29. The molecular weight excluding hydrogens is 392 g/mol. The van der Waals surface area contributed by atoms with Crippen molar-refractivity contribution in [2.75, 3.05) is 5.32 Å². The highest BCUT2D eigenvalue weighted by Crippen LogP contribution is 2.27. The standard InChI is InChI=1S/C21H19BrN2S/c1-15(16-11-13-18(22)14-12-16)23-21(25)24-20-10-6-5-9-19(20)17-7-3-2-4-8-17/h2-15H,1H3,(H2,23,24,25). The van der Waals surface area contributed by atoms with Gasteiger partial charge in [-0.15, -0.1) is 0 Å². The first kappa shape index (κ1) is 17.6. The van der Waals surface area contributed by atoms with E-state index in [-0.39, 0.29) is 6.04 Å². The number of hydrogen-bond donors (Lipinski definition) is 2. The summed E-state index contributed by atoms with van der Waals surface area (Å²) in [7, 11) is 0. The summed E-state index contributed by atoms with van der Waals surface area (Å²) in [5.41, 5.74) is 4.47. The lowest BCUT2D eigenvalue weighted by Crippen LogP contribution is -2.31. The summed E-state index contributed by atoms with van der Waals surface area (Å²) in [5.74, 6) is 0. The molecule has 2 nitrogen and oxygen atoms in total. The minimum absolute atomic E-state index is 0.122. The Labute approximate surface area is 162 Å². The summed E-state index contributed by atoms with van der Waals surface area (Å²) < 4.78 is 1.07. The van der Waals surface area contributed by atoms with Crippen LogP contribution in [-0.4, -0.2) is 5.11 Å². The van der Waals surface area contributed by atoms with Gasteiger partial charge in [0.05, 0.1) is 6.04 Å². The van der Waals surface area contributed by atoms with E-state index in [1.807, 2.05) is 48.5 Å². The molecule has 0 aliphatic rings. The van der Waals surface area contributed by atoms with E-state index in [2.05, 4.69) is 63.8 Å². The van der Waals surface area contributed by atoms with Crippen molar-refractivity contribution in [3.63, 3.8) is 0 Å². The maximum Gasteiger partial charge on any atom is 0.171 e. The number of nitrogens with one attached hydrogen (secondary N) is 2. The molecule has 0 fully saturated rings. The third-order valence-corrected chi connectivity index (χ3v) is 4.73. The maximum atomic E-state index is 5.52. The topological polar surface area (TPSA) is 24.1 Å². The molecule has 2 N–H and O–H groups in total. The fourth-order valence-electron chi connectivity index (χ4n) is 2.65. The molecule has 0 heterocycles. The molecule has 1 unspecified atom stereocenters. The average Bonchev–Trinajstić information content (AvgIpc) is 2.63. The van der Waals surface area contributed by atoms with Gasteiger partial charge in [0.15, 0.2) is 5.11 Å². The van der Waals surface area contributed by atoms with Gasteiger partial charge < -0.3 is 10.6 Å². The number of thiocarbonyl (C=S) groups is 1. The third-order valence-electron chi connectivity index (χ3n) is 3.98. The number of anilines is 1. The lowest BCUT2D eigenvalue weighted by atomic mass is 10.0. The van der Waals surface area contributed by atoms with E-state index < -0.39 is 0 Å². The van der Waals surface area contributed by atoms with Crippen LogP contribution in [0.1, 0.15) is 18.5 Å². The van der Waals surface area contributed by atoms with Crippen LogP contribution in [0.3, 0.4) is 0 Å². The predicted molar refractivity (Wildman–Crippen MR) is 114 cm³/mol. The van der Waals surface area contributed by atoms with E-state index in [9.17, 15) is 0 Å². The minimum atomic E-state index is 0.122. The molecule has 0 spiro atoms. The number of benzene rings is 3. The van der Waals surface area contributed by atoms with Crippen LogP contribution in [-0.2, 0) is 0 Å². The van der Waals surface area contributed by atoms with Gasteiger partial charge >= 0.3 is 0 Å². The molecule has 0 saturated carbocycles. The van der Waals surface area contributed by atoms with E-state index in [0.717, 1.165) is 21.3 Å². The first-order valence-electron chi connectivity index (χ1n) is 8.11. The largest absolute Gasteiger partial charge is 0.356 e. The van der Waals surface area contributed by atoms with E-state index >= 15 is 0 Å². The number of halogens is 1. The molecule has 25 heavy (non-hydrogen) atoms. The average molecular weight is 411 g/mol. The van der Waals surface area contributed by atoms with Gasteiger partial charge in [0.25, 0.3) is 0 Å². The van der Waals surface area contributed by atoms with Gasteiger partial charge in [0.2, 0.25) is 0 Å². The molecule has 0 aliphatic carbocycles. The Hall–Kier alpha value is -2.17. The summed E-state index contributed by atoms with van der Waals surface area (Å²) >= 11 is 8.98. The highest BCUT2D eigenvalue weighted by molar-refractivity contribution is 9.10. The second kappa shape index (κ2) is 8.28. The van der Waals surface area contributed by atoms with Crippen LogP contribution in [0.15, 0.2) is 83.3 Å².